The molecule has 100 valence electrons. The number of fused-ring (bicyclic) bond motifs is 1. The van der Waals surface area contributed by atoms with E-state index in [0.717, 1.165) is 0 Å². The molecule has 2 heterocycles. The molecule has 0 aliphatic heterocycles. The van der Waals surface area contributed by atoms with Crippen LogP contribution in [0.15, 0.2) is 17.2 Å². The molecule has 1 unspecified atom stereocenters. The maximum atomic E-state index is 10.9. The lowest BCUT2D eigenvalue weighted by molar-refractivity contribution is -0.140. The number of tetrazole rings is 1. The number of nitrogens with zero attached hydrogens (tertiary/aromatic N) is 5. The van der Waals surface area contributed by atoms with Crippen LogP contribution >= 0.6 is 11.8 Å². The highest BCUT2D eigenvalue weighted by atomic mass is 32.2. The van der Waals surface area contributed by atoms with Crippen LogP contribution in [0.4, 0.5) is 0 Å². The van der Waals surface area contributed by atoms with Gasteiger partial charge in [-0.25, -0.2) is 4.79 Å². The summed E-state index contributed by atoms with van der Waals surface area (Å²) >= 11 is 1.19. The van der Waals surface area contributed by atoms with Gasteiger partial charge in [-0.05, 0) is 22.6 Å². The van der Waals surface area contributed by atoms with Crippen molar-refractivity contribution in [1.82, 2.24) is 30.6 Å². The molecular weight excluding hydrogens is 272 g/mol. The van der Waals surface area contributed by atoms with E-state index in [0.29, 0.717) is 10.7 Å². The number of carbonyl (C=O) groups excluding carboxylic acids is 1. The number of aromatic nitrogens is 5. The molecule has 10 heteroatoms. The third-order valence-electron chi connectivity index (χ3n) is 2.12. The minimum absolute atomic E-state index is 0.162. The van der Waals surface area contributed by atoms with Crippen LogP contribution in [0, 0.1) is 0 Å². The fourth-order valence-electron chi connectivity index (χ4n) is 1.30. The normalized spacial score (nSPS) is 12.3. The number of amides is 1. The first-order valence-electron chi connectivity index (χ1n) is 5.24. The van der Waals surface area contributed by atoms with E-state index in [-0.39, 0.29) is 5.75 Å². The Morgan fingerprint density at radius 1 is 1.53 bits per heavy atom. The molecule has 0 saturated heterocycles. The maximum absolute atomic E-state index is 10.9. The Kier molecular flexibility index (Phi) is 3.90. The number of carboxylic acid groups (broad SMARTS) is 1. The summed E-state index contributed by atoms with van der Waals surface area (Å²) in [6.45, 7) is 1.27. The van der Waals surface area contributed by atoms with Crippen LogP contribution in [0.25, 0.3) is 5.65 Å². The number of carboxylic acids is 1. The maximum Gasteiger partial charge on any atom is 0.327 e. The third-order valence-corrected chi connectivity index (χ3v) is 3.13. The van der Waals surface area contributed by atoms with Gasteiger partial charge in [-0.1, -0.05) is 0 Å². The standard InChI is InChI=1S/C9H10N6O3S/c1-5(16)10-6(9(17)18)4-19-8-3-2-7-11-13-14-15(7)12-8/h2-3,6H,4H2,1H3,(H,10,16)(H,17,18). The van der Waals surface area contributed by atoms with Gasteiger partial charge in [-0.2, -0.15) is 0 Å². The highest BCUT2D eigenvalue weighted by Gasteiger charge is 2.18. The largest absolute Gasteiger partial charge is 0.480 e. The quantitative estimate of drug-likeness (QED) is 0.683. The van der Waals surface area contributed by atoms with E-state index in [9.17, 15) is 9.59 Å². The predicted molar refractivity (Wildman–Crippen MR) is 64.5 cm³/mol. The van der Waals surface area contributed by atoms with E-state index in [1.807, 2.05) is 0 Å². The second-order valence-electron chi connectivity index (χ2n) is 3.60. The predicted octanol–water partition coefficient (Wildman–Crippen LogP) is -0.799. The molecule has 1 atom stereocenters. The molecule has 19 heavy (non-hydrogen) atoms. The molecule has 0 aromatic carbocycles. The topological polar surface area (TPSA) is 122 Å². The Morgan fingerprint density at radius 2 is 2.32 bits per heavy atom. The van der Waals surface area contributed by atoms with Crippen LogP contribution in [0.1, 0.15) is 6.92 Å². The van der Waals surface area contributed by atoms with Crippen molar-refractivity contribution in [1.29, 1.82) is 0 Å². The second-order valence-corrected chi connectivity index (χ2v) is 4.64. The molecule has 0 saturated carbocycles. The van der Waals surface area contributed by atoms with E-state index >= 15 is 0 Å². The first-order valence-corrected chi connectivity index (χ1v) is 6.23. The van der Waals surface area contributed by atoms with Crippen LogP contribution in [-0.4, -0.2) is 54.0 Å². The van der Waals surface area contributed by atoms with E-state index in [4.69, 9.17) is 5.11 Å². The number of nitrogens with one attached hydrogen (secondary N) is 1. The van der Waals surface area contributed by atoms with Gasteiger partial charge < -0.3 is 10.4 Å². The Hall–Kier alpha value is -2.23. The zero-order valence-electron chi connectivity index (χ0n) is 9.85. The summed E-state index contributed by atoms with van der Waals surface area (Å²) in [4.78, 5) is 21.8. The number of hydrogen-bond donors (Lipinski definition) is 2. The minimum Gasteiger partial charge on any atom is -0.480 e. The Morgan fingerprint density at radius 3 is 3.00 bits per heavy atom. The molecule has 0 fully saturated rings. The Bertz CT molecular complexity index is 615. The van der Waals surface area contributed by atoms with Crippen molar-refractivity contribution in [3.63, 3.8) is 0 Å². The SMILES string of the molecule is CC(=O)NC(CSc1ccc2nnnn2n1)C(=O)O. The third kappa shape index (κ3) is 3.37. The van der Waals surface area contributed by atoms with Crippen molar-refractivity contribution in [2.75, 3.05) is 5.75 Å². The molecule has 2 aromatic rings. The van der Waals surface area contributed by atoms with Crippen molar-refractivity contribution >= 4 is 29.3 Å². The molecule has 1 amide bonds. The lowest BCUT2D eigenvalue weighted by Crippen LogP contribution is -2.41. The van der Waals surface area contributed by atoms with E-state index in [1.165, 1.54) is 23.3 Å². The van der Waals surface area contributed by atoms with Crippen LogP contribution in [-0.2, 0) is 9.59 Å². The van der Waals surface area contributed by atoms with Gasteiger partial charge in [0.2, 0.25) is 5.91 Å². The fourth-order valence-corrected chi connectivity index (χ4v) is 2.16. The van der Waals surface area contributed by atoms with Gasteiger partial charge in [-0.15, -0.1) is 26.6 Å². The van der Waals surface area contributed by atoms with Crippen molar-refractivity contribution < 1.29 is 14.7 Å². The van der Waals surface area contributed by atoms with Crippen molar-refractivity contribution in [3.8, 4) is 0 Å². The molecule has 0 aliphatic carbocycles. The Balaban J connectivity index is 2.03. The highest BCUT2D eigenvalue weighted by Crippen LogP contribution is 2.16. The van der Waals surface area contributed by atoms with E-state index in [2.05, 4.69) is 25.9 Å². The van der Waals surface area contributed by atoms with Crippen LogP contribution in [0.3, 0.4) is 0 Å². The van der Waals surface area contributed by atoms with Gasteiger partial charge in [0.25, 0.3) is 0 Å². The highest BCUT2D eigenvalue weighted by molar-refractivity contribution is 7.99. The first kappa shape index (κ1) is 13.2. The monoisotopic (exact) mass is 282 g/mol. The molecule has 0 bridgehead atoms. The summed E-state index contributed by atoms with van der Waals surface area (Å²) in [5, 5.41) is 26.7. The first-order chi connectivity index (χ1) is 9.06. The average molecular weight is 282 g/mol. The number of carbonyl (C=O) groups is 2. The second kappa shape index (κ2) is 5.61. The summed E-state index contributed by atoms with van der Waals surface area (Å²) in [5.74, 6) is -1.32. The lowest BCUT2D eigenvalue weighted by atomic mass is 10.3. The van der Waals surface area contributed by atoms with Gasteiger partial charge in [0.1, 0.15) is 11.1 Å². The molecule has 2 rings (SSSR count). The van der Waals surface area contributed by atoms with Crippen molar-refractivity contribution in [2.45, 2.75) is 18.0 Å². The molecule has 0 aliphatic rings. The molecule has 0 radical (unpaired) electrons. The number of rotatable bonds is 5. The summed E-state index contributed by atoms with van der Waals surface area (Å²) in [6, 6.07) is 2.39. The number of aliphatic carboxylic acids is 1. The van der Waals surface area contributed by atoms with Gasteiger partial charge >= 0.3 is 5.97 Å². The molecular formula is C9H10N6O3S. The van der Waals surface area contributed by atoms with Crippen LogP contribution in [0.2, 0.25) is 0 Å². The van der Waals surface area contributed by atoms with Crippen LogP contribution in [0.5, 0.6) is 0 Å². The Labute approximate surface area is 111 Å². The van der Waals surface area contributed by atoms with Gasteiger partial charge in [0.15, 0.2) is 5.65 Å². The van der Waals surface area contributed by atoms with Gasteiger partial charge in [0, 0.05) is 12.7 Å². The fraction of sp³-hybridized carbons (Fsp3) is 0.333. The van der Waals surface area contributed by atoms with Gasteiger partial charge in [0.05, 0.1) is 0 Å². The van der Waals surface area contributed by atoms with Gasteiger partial charge in [-0.3, -0.25) is 4.79 Å². The molecule has 9 nitrogen and oxygen atoms in total. The zero-order valence-corrected chi connectivity index (χ0v) is 10.7. The average Bonchev–Trinajstić information content (AvgIpc) is 2.80. The van der Waals surface area contributed by atoms with Crippen molar-refractivity contribution in [3.05, 3.63) is 12.1 Å². The number of hydrogen-bond acceptors (Lipinski definition) is 7. The van der Waals surface area contributed by atoms with Crippen LogP contribution < -0.4 is 5.32 Å². The van der Waals surface area contributed by atoms with E-state index < -0.39 is 17.9 Å². The van der Waals surface area contributed by atoms with E-state index in [1.54, 1.807) is 12.1 Å². The molecule has 2 N–H and O–H groups in total. The lowest BCUT2D eigenvalue weighted by Gasteiger charge is -2.11. The summed E-state index contributed by atoms with van der Waals surface area (Å²) in [6.07, 6.45) is 0. The smallest absolute Gasteiger partial charge is 0.327 e. The summed E-state index contributed by atoms with van der Waals surface area (Å²) in [5.41, 5.74) is 0.501. The molecule has 0 spiro atoms. The summed E-state index contributed by atoms with van der Waals surface area (Å²) < 4.78 is 1.25. The zero-order chi connectivity index (χ0) is 13.8. The van der Waals surface area contributed by atoms with Crippen molar-refractivity contribution in [2.24, 2.45) is 0 Å². The number of thioether (sulfide) groups is 1. The minimum atomic E-state index is -1.09. The molecule has 2 aromatic heterocycles. The summed E-state index contributed by atoms with van der Waals surface area (Å²) in [7, 11) is 0.